The number of hydrogen-bond donors (Lipinski definition) is 2. The summed E-state index contributed by atoms with van der Waals surface area (Å²) < 4.78 is 0.893. The van der Waals surface area contributed by atoms with E-state index in [1.54, 1.807) is 0 Å². The van der Waals surface area contributed by atoms with E-state index >= 15 is 0 Å². The lowest BCUT2D eigenvalue weighted by atomic mass is 10.2. The van der Waals surface area contributed by atoms with Crippen LogP contribution in [0.2, 0.25) is 5.02 Å². The number of hydrogen-bond acceptors (Lipinski definition) is 2. The third kappa shape index (κ3) is 4.76. The normalized spacial score (nSPS) is 10.2. The Hall–Kier alpha value is -1.52. The van der Waals surface area contributed by atoms with Gasteiger partial charge in [0.1, 0.15) is 0 Å². The Morgan fingerprint density at radius 2 is 1.81 bits per heavy atom. The number of rotatable bonds is 5. The van der Waals surface area contributed by atoms with Gasteiger partial charge in [-0.05, 0) is 57.9 Å². The van der Waals surface area contributed by atoms with Gasteiger partial charge in [-0.1, -0.05) is 24.6 Å². The Balaban J connectivity index is 1.94. The maximum Gasteiger partial charge on any atom is 0.224 e. The molecule has 0 saturated carbocycles. The molecule has 1 amide bonds. The lowest BCUT2D eigenvalue weighted by Crippen LogP contribution is -2.09. The molecule has 0 bridgehead atoms. The summed E-state index contributed by atoms with van der Waals surface area (Å²) in [5, 5.41) is 6.83. The van der Waals surface area contributed by atoms with Crippen LogP contribution in [0.25, 0.3) is 0 Å². The molecule has 110 valence electrons. The molecule has 2 aromatic carbocycles. The molecule has 5 heteroatoms. The molecule has 0 aromatic heterocycles. The van der Waals surface area contributed by atoms with Crippen molar-refractivity contribution in [3.8, 4) is 0 Å². The van der Waals surface area contributed by atoms with E-state index in [0.29, 0.717) is 18.0 Å². The first-order valence-electron chi connectivity index (χ1n) is 6.66. The van der Waals surface area contributed by atoms with E-state index in [9.17, 15) is 4.79 Å². The Labute approximate surface area is 137 Å². The fraction of sp³-hybridized carbons (Fsp3) is 0.188. The quantitative estimate of drug-likeness (QED) is 0.775. The second-order valence-corrected chi connectivity index (χ2v) is 5.84. The molecule has 0 aliphatic rings. The van der Waals surface area contributed by atoms with E-state index in [2.05, 4.69) is 26.6 Å². The predicted octanol–water partition coefficient (Wildman–Crippen LogP) is 5.06. The molecule has 0 radical (unpaired) electrons. The van der Waals surface area contributed by atoms with Gasteiger partial charge in [0.15, 0.2) is 0 Å². The molecule has 2 N–H and O–H groups in total. The van der Waals surface area contributed by atoms with Crippen LogP contribution in [0.15, 0.2) is 46.9 Å². The summed E-state index contributed by atoms with van der Waals surface area (Å²) in [5.41, 5.74) is 2.90. The summed E-state index contributed by atoms with van der Waals surface area (Å²) in [5.74, 6) is 0.0141. The average Bonchev–Trinajstić information content (AvgIpc) is 2.50. The molecule has 2 rings (SSSR count). The van der Waals surface area contributed by atoms with Crippen molar-refractivity contribution in [2.75, 3.05) is 10.6 Å². The van der Waals surface area contributed by atoms with Crippen LogP contribution in [0.1, 0.15) is 18.9 Å². The smallest absolute Gasteiger partial charge is 0.224 e. The lowest BCUT2D eigenvalue weighted by Gasteiger charge is -2.09. The molecular weight excluding hydrogens is 352 g/mol. The zero-order valence-corrected chi connectivity index (χ0v) is 14.0. The lowest BCUT2D eigenvalue weighted by molar-refractivity contribution is -0.115. The van der Waals surface area contributed by atoms with Gasteiger partial charge in [-0.2, -0.15) is 0 Å². The molecule has 0 unspecified atom stereocenters. The van der Waals surface area contributed by atoms with Crippen LogP contribution in [0.4, 0.5) is 11.4 Å². The molecule has 0 saturated heterocycles. The van der Waals surface area contributed by atoms with Crippen molar-refractivity contribution >= 4 is 44.8 Å². The Morgan fingerprint density at radius 3 is 2.43 bits per heavy atom. The average molecular weight is 368 g/mol. The van der Waals surface area contributed by atoms with Crippen molar-refractivity contribution in [3.05, 3.63) is 57.5 Å². The first-order valence-corrected chi connectivity index (χ1v) is 7.83. The third-order valence-electron chi connectivity index (χ3n) is 2.97. The van der Waals surface area contributed by atoms with Gasteiger partial charge in [0.2, 0.25) is 5.91 Å². The van der Waals surface area contributed by atoms with E-state index in [0.717, 1.165) is 21.4 Å². The van der Waals surface area contributed by atoms with Crippen LogP contribution >= 0.6 is 27.5 Å². The summed E-state index contributed by atoms with van der Waals surface area (Å²) in [6.45, 7) is 2.52. The van der Waals surface area contributed by atoms with Crippen LogP contribution in [0, 0.1) is 0 Å². The van der Waals surface area contributed by atoms with E-state index in [1.807, 2.05) is 49.4 Å². The highest BCUT2D eigenvalue weighted by molar-refractivity contribution is 9.10. The fourth-order valence-electron chi connectivity index (χ4n) is 1.77. The summed E-state index contributed by atoms with van der Waals surface area (Å²) in [6, 6.07) is 13.5. The van der Waals surface area contributed by atoms with Crippen LogP contribution in [-0.2, 0) is 11.3 Å². The standard InChI is InChI=1S/C16H16BrClN2O/c1-2-16(21)20-13-6-4-12(5-7-13)19-10-11-3-8-14(17)15(18)9-11/h3-9,19H,2,10H2,1H3,(H,20,21). The molecule has 0 aliphatic heterocycles. The van der Waals surface area contributed by atoms with E-state index in [1.165, 1.54) is 0 Å². The number of halogens is 2. The molecule has 0 heterocycles. The highest BCUT2D eigenvalue weighted by atomic mass is 79.9. The van der Waals surface area contributed by atoms with E-state index in [-0.39, 0.29) is 5.91 Å². The van der Waals surface area contributed by atoms with Crippen LogP contribution in [0.3, 0.4) is 0 Å². The highest BCUT2D eigenvalue weighted by Gasteiger charge is 2.01. The summed E-state index contributed by atoms with van der Waals surface area (Å²) >= 11 is 9.44. The van der Waals surface area contributed by atoms with Gasteiger partial charge in [-0.25, -0.2) is 0 Å². The molecular formula is C16H16BrClN2O. The van der Waals surface area contributed by atoms with Crippen LogP contribution in [0.5, 0.6) is 0 Å². The molecule has 0 aliphatic carbocycles. The first-order chi connectivity index (χ1) is 10.1. The number of carbonyl (C=O) groups is 1. The largest absolute Gasteiger partial charge is 0.381 e. The maximum absolute atomic E-state index is 11.3. The van der Waals surface area contributed by atoms with Gasteiger partial charge < -0.3 is 10.6 Å². The zero-order chi connectivity index (χ0) is 15.2. The monoisotopic (exact) mass is 366 g/mol. The minimum Gasteiger partial charge on any atom is -0.381 e. The molecule has 2 aromatic rings. The zero-order valence-electron chi connectivity index (χ0n) is 11.6. The Bertz CT molecular complexity index is 629. The second kappa shape index (κ2) is 7.48. The number of carbonyl (C=O) groups excluding carboxylic acids is 1. The van der Waals surface area contributed by atoms with Gasteiger partial charge >= 0.3 is 0 Å². The minimum absolute atomic E-state index is 0.0141. The van der Waals surface area contributed by atoms with Crippen LogP contribution < -0.4 is 10.6 Å². The van der Waals surface area contributed by atoms with Crippen molar-refractivity contribution < 1.29 is 4.79 Å². The maximum atomic E-state index is 11.3. The molecule has 0 fully saturated rings. The van der Waals surface area contributed by atoms with Crippen molar-refractivity contribution in [1.29, 1.82) is 0 Å². The number of amides is 1. The van der Waals surface area contributed by atoms with Crippen molar-refractivity contribution in [1.82, 2.24) is 0 Å². The minimum atomic E-state index is 0.0141. The van der Waals surface area contributed by atoms with Crippen molar-refractivity contribution in [2.45, 2.75) is 19.9 Å². The van der Waals surface area contributed by atoms with Gasteiger partial charge in [0.25, 0.3) is 0 Å². The van der Waals surface area contributed by atoms with Gasteiger partial charge in [0, 0.05) is 28.8 Å². The van der Waals surface area contributed by atoms with Crippen LogP contribution in [-0.4, -0.2) is 5.91 Å². The molecule has 21 heavy (non-hydrogen) atoms. The first kappa shape index (κ1) is 15.9. The Kier molecular flexibility index (Phi) is 5.65. The van der Waals surface area contributed by atoms with E-state index < -0.39 is 0 Å². The third-order valence-corrected chi connectivity index (χ3v) is 4.20. The number of nitrogens with one attached hydrogen (secondary N) is 2. The fourth-order valence-corrected chi connectivity index (χ4v) is 2.22. The van der Waals surface area contributed by atoms with E-state index in [4.69, 9.17) is 11.6 Å². The SMILES string of the molecule is CCC(=O)Nc1ccc(NCc2ccc(Br)c(Cl)c2)cc1. The van der Waals surface area contributed by atoms with Crippen molar-refractivity contribution in [2.24, 2.45) is 0 Å². The number of anilines is 2. The van der Waals surface area contributed by atoms with Crippen molar-refractivity contribution in [3.63, 3.8) is 0 Å². The van der Waals surface area contributed by atoms with Gasteiger partial charge in [-0.3, -0.25) is 4.79 Å². The number of benzene rings is 2. The molecule has 0 spiro atoms. The molecule has 3 nitrogen and oxygen atoms in total. The Morgan fingerprint density at radius 1 is 1.14 bits per heavy atom. The summed E-state index contributed by atoms with van der Waals surface area (Å²) in [4.78, 5) is 11.3. The summed E-state index contributed by atoms with van der Waals surface area (Å²) in [6.07, 6.45) is 0.477. The topological polar surface area (TPSA) is 41.1 Å². The predicted molar refractivity (Wildman–Crippen MR) is 91.8 cm³/mol. The van der Waals surface area contributed by atoms with Gasteiger partial charge in [0.05, 0.1) is 5.02 Å². The highest BCUT2D eigenvalue weighted by Crippen LogP contribution is 2.23. The molecule has 0 atom stereocenters. The second-order valence-electron chi connectivity index (χ2n) is 4.58. The van der Waals surface area contributed by atoms with Gasteiger partial charge in [-0.15, -0.1) is 0 Å². The summed E-state index contributed by atoms with van der Waals surface area (Å²) in [7, 11) is 0.